The Morgan fingerprint density at radius 2 is 2.25 bits per heavy atom. The van der Waals surface area contributed by atoms with Crippen LogP contribution in [0, 0.1) is 30.7 Å². The monoisotopic (exact) mass is 383 g/mol. The molecule has 2 heterocycles. The number of hydrogen-bond donors (Lipinski definition) is 1. The lowest BCUT2D eigenvalue weighted by Gasteiger charge is -2.38. The minimum absolute atomic E-state index is 0.115. The Balaban J connectivity index is 1.75. The van der Waals surface area contributed by atoms with E-state index in [0.29, 0.717) is 30.8 Å². The number of nitrogens with one attached hydrogen (secondary N) is 1. The number of nitrogens with zero attached hydrogens (tertiary/aromatic N) is 6. The fourth-order valence-electron chi connectivity index (χ4n) is 3.11. The van der Waals surface area contributed by atoms with E-state index in [1.165, 1.54) is 6.20 Å². The van der Waals surface area contributed by atoms with Crippen LogP contribution in [0.15, 0.2) is 12.4 Å². The highest BCUT2D eigenvalue weighted by Gasteiger charge is 2.40. The predicted octanol–water partition coefficient (Wildman–Crippen LogP) is 3.73. The van der Waals surface area contributed by atoms with E-state index in [1.54, 1.807) is 31.6 Å². The van der Waals surface area contributed by atoms with Crippen LogP contribution in [0.2, 0.25) is 0 Å². The smallest absolute Gasteiger partial charge is 0.319 e. The van der Waals surface area contributed by atoms with Crippen LogP contribution >= 0.6 is 0 Å². The summed E-state index contributed by atoms with van der Waals surface area (Å²) < 4.78 is 20.9. The highest BCUT2D eigenvalue weighted by molar-refractivity contribution is 5.56. The highest BCUT2D eigenvalue weighted by Crippen LogP contribution is 2.40. The van der Waals surface area contributed by atoms with Crippen LogP contribution in [-0.4, -0.2) is 32.0 Å². The zero-order valence-corrected chi connectivity index (χ0v) is 16.3. The molecule has 0 aliphatic heterocycles. The molecule has 0 spiro atoms. The molecule has 28 heavy (non-hydrogen) atoms. The predicted molar refractivity (Wildman–Crippen MR) is 101 cm³/mol. The summed E-state index contributed by atoms with van der Waals surface area (Å²) in [6.07, 6.45) is 3.99. The first kappa shape index (κ1) is 19.6. The van der Waals surface area contributed by atoms with Gasteiger partial charge in [-0.3, -0.25) is 4.85 Å². The van der Waals surface area contributed by atoms with Crippen LogP contribution in [0.5, 0.6) is 5.88 Å². The van der Waals surface area contributed by atoms with Crippen molar-refractivity contribution in [1.29, 1.82) is 5.26 Å². The topological polar surface area (TPSA) is 93.0 Å². The fourth-order valence-corrected chi connectivity index (χ4v) is 3.11. The van der Waals surface area contributed by atoms with Crippen molar-refractivity contribution in [3.05, 3.63) is 35.1 Å². The van der Waals surface area contributed by atoms with Crippen molar-refractivity contribution in [3.63, 3.8) is 0 Å². The Kier molecular flexibility index (Phi) is 4.95. The van der Waals surface area contributed by atoms with Crippen LogP contribution in [-0.2, 0) is 5.66 Å². The van der Waals surface area contributed by atoms with Gasteiger partial charge in [-0.25, -0.2) is 15.9 Å². The molecule has 2 aromatic heterocycles. The lowest BCUT2D eigenvalue weighted by molar-refractivity contribution is 0.00158. The summed E-state index contributed by atoms with van der Waals surface area (Å²) in [4.78, 5) is 12.0. The van der Waals surface area contributed by atoms with E-state index in [4.69, 9.17) is 11.3 Å². The summed E-state index contributed by atoms with van der Waals surface area (Å²) in [6.45, 7) is 14.5. The molecule has 0 aromatic carbocycles. The normalized spacial score (nSPS) is 21.3. The lowest BCUT2D eigenvalue weighted by Crippen LogP contribution is -2.39. The van der Waals surface area contributed by atoms with E-state index >= 15 is 0 Å². The van der Waals surface area contributed by atoms with E-state index in [1.807, 2.05) is 13.0 Å². The third-order valence-corrected chi connectivity index (χ3v) is 4.74. The number of aromatic nitrogens is 4. The minimum atomic E-state index is -1.12. The summed E-state index contributed by atoms with van der Waals surface area (Å²) in [7, 11) is 0. The summed E-state index contributed by atoms with van der Waals surface area (Å²) in [6, 6.07) is 2.00. The number of rotatable bonds is 6. The SMILES string of the molecule is [C-]#[N+]C(C)(C)n1cc(Nc2ncc(C#N)c(OCC3CC(C)(F)C3)n2)c(C)n1. The quantitative estimate of drug-likeness (QED) is 0.764. The van der Waals surface area contributed by atoms with Crippen molar-refractivity contribution in [1.82, 2.24) is 19.7 Å². The van der Waals surface area contributed by atoms with Crippen LogP contribution in [0.3, 0.4) is 0 Å². The van der Waals surface area contributed by atoms with Crippen molar-refractivity contribution < 1.29 is 9.13 Å². The zero-order valence-electron chi connectivity index (χ0n) is 16.3. The molecule has 0 bridgehead atoms. The first-order chi connectivity index (χ1) is 13.1. The molecule has 0 radical (unpaired) electrons. The summed E-state index contributed by atoms with van der Waals surface area (Å²) >= 11 is 0. The van der Waals surface area contributed by atoms with E-state index in [-0.39, 0.29) is 23.3 Å². The molecule has 0 atom stereocenters. The van der Waals surface area contributed by atoms with E-state index in [0.717, 1.165) is 0 Å². The molecule has 0 unspecified atom stereocenters. The molecule has 9 heteroatoms. The second-order valence-corrected chi connectivity index (χ2v) is 7.83. The Hall–Kier alpha value is -3.20. The number of aryl methyl sites for hydroxylation is 1. The van der Waals surface area contributed by atoms with E-state index in [9.17, 15) is 9.65 Å². The van der Waals surface area contributed by atoms with Crippen molar-refractivity contribution in [2.24, 2.45) is 5.92 Å². The number of ether oxygens (including phenoxy) is 1. The van der Waals surface area contributed by atoms with Gasteiger partial charge in [0.1, 0.15) is 17.3 Å². The molecule has 8 nitrogen and oxygen atoms in total. The minimum Gasteiger partial charge on any atom is -0.476 e. The van der Waals surface area contributed by atoms with Crippen molar-refractivity contribution in [2.75, 3.05) is 11.9 Å². The van der Waals surface area contributed by atoms with E-state index in [2.05, 4.69) is 25.2 Å². The van der Waals surface area contributed by atoms with Gasteiger partial charge in [-0.1, -0.05) is 0 Å². The Labute approximate surface area is 163 Å². The number of hydrogen-bond acceptors (Lipinski definition) is 6. The van der Waals surface area contributed by atoms with Crippen molar-refractivity contribution in [3.8, 4) is 11.9 Å². The third kappa shape index (κ3) is 4.04. The maximum Gasteiger partial charge on any atom is 0.319 e. The molecular formula is C19H22FN7O. The molecule has 2 aromatic rings. The molecule has 0 saturated heterocycles. The average molecular weight is 383 g/mol. The fraction of sp³-hybridized carbons (Fsp3) is 0.526. The maximum atomic E-state index is 13.6. The van der Waals surface area contributed by atoms with Gasteiger partial charge in [-0.05, 0) is 32.6 Å². The van der Waals surface area contributed by atoms with Gasteiger partial charge < -0.3 is 10.1 Å². The molecule has 0 amide bonds. The van der Waals surface area contributed by atoms with Gasteiger partial charge in [0.2, 0.25) is 11.8 Å². The summed E-state index contributed by atoms with van der Waals surface area (Å²) in [5, 5.41) is 16.7. The van der Waals surface area contributed by atoms with Crippen LogP contribution in [0.4, 0.5) is 16.0 Å². The largest absolute Gasteiger partial charge is 0.476 e. The van der Waals surface area contributed by atoms with Crippen molar-refractivity contribution >= 4 is 11.6 Å². The number of nitriles is 1. The number of halogens is 1. The molecular weight excluding hydrogens is 361 g/mol. The molecule has 1 saturated carbocycles. The highest BCUT2D eigenvalue weighted by atomic mass is 19.1. The zero-order chi connectivity index (χ0) is 20.5. The van der Waals surface area contributed by atoms with Crippen LogP contribution in [0.25, 0.3) is 4.85 Å². The lowest BCUT2D eigenvalue weighted by atomic mass is 9.74. The Morgan fingerprint density at radius 3 is 2.86 bits per heavy atom. The molecule has 146 valence electrons. The molecule has 3 rings (SSSR count). The summed E-state index contributed by atoms with van der Waals surface area (Å²) in [5.74, 6) is 0.532. The van der Waals surface area contributed by atoms with Gasteiger partial charge in [0.15, 0.2) is 0 Å². The molecule has 1 fully saturated rings. The van der Waals surface area contributed by atoms with Gasteiger partial charge in [0.05, 0.1) is 30.4 Å². The van der Waals surface area contributed by atoms with Crippen molar-refractivity contribution in [2.45, 2.75) is 51.9 Å². The van der Waals surface area contributed by atoms with E-state index < -0.39 is 11.3 Å². The number of alkyl halides is 1. The van der Waals surface area contributed by atoms with Gasteiger partial charge in [-0.15, -0.1) is 0 Å². The van der Waals surface area contributed by atoms with Gasteiger partial charge in [0.25, 0.3) is 0 Å². The second-order valence-electron chi connectivity index (χ2n) is 7.83. The molecule has 1 aliphatic carbocycles. The average Bonchev–Trinajstić information content (AvgIpc) is 2.99. The van der Waals surface area contributed by atoms with Gasteiger partial charge in [0, 0.05) is 13.8 Å². The van der Waals surface area contributed by atoms with Crippen LogP contribution < -0.4 is 10.1 Å². The second kappa shape index (κ2) is 7.08. The Bertz CT molecular complexity index is 960. The Morgan fingerprint density at radius 1 is 1.54 bits per heavy atom. The van der Waals surface area contributed by atoms with Gasteiger partial charge >= 0.3 is 5.66 Å². The maximum absolute atomic E-state index is 13.6. The third-order valence-electron chi connectivity index (χ3n) is 4.74. The first-order valence-electron chi connectivity index (χ1n) is 8.95. The molecule has 1 N–H and O–H groups in total. The number of anilines is 2. The van der Waals surface area contributed by atoms with Gasteiger partial charge in [-0.2, -0.15) is 20.0 Å². The van der Waals surface area contributed by atoms with Crippen LogP contribution in [0.1, 0.15) is 44.9 Å². The molecule has 1 aliphatic rings. The first-order valence-corrected chi connectivity index (χ1v) is 8.95. The standard InChI is InChI=1S/C19H22FN7O/c1-12-15(10-27(26-12)18(2,3)22-5)24-17-23-9-14(8-21)16(25-17)28-11-13-6-19(4,20)7-13/h9-10,13H,6-7,11H2,1-4H3,(H,23,24,25). The summed E-state index contributed by atoms with van der Waals surface area (Å²) in [5.41, 5.74) is -0.378.